The lowest BCUT2D eigenvalue weighted by Gasteiger charge is -2.33. The maximum Gasteiger partial charge on any atom is 0.211 e. The first-order valence-electron chi connectivity index (χ1n) is 7.11. The molecule has 0 spiro atoms. The highest BCUT2D eigenvalue weighted by Crippen LogP contribution is 2.19. The van der Waals surface area contributed by atoms with Gasteiger partial charge in [0.15, 0.2) is 0 Å². The molecule has 0 aromatic carbocycles. The average molecular weight is 316 g/mol. The molecule has 1 aromatic rings. The van der Waals surface area contributed by atoms with Gasteiger partial charge >= 0.3 is 0 Å². The fourth-order valence-corrected chi connectivity index (χ4v) is 4.41. The number of likely N-dealkylation sites (N-methyl/N-ethyl adjacent to an activating group) is 1. The molecular formula is C14H24N2O2S2. The highest BCUT2D eigenvalue weighted by atomic mass is 32.2. The van der Waals surface area contributed by atoms with Gasteiger partial charge in [0.1, 0.15) is 0 Å². The second-order valence-corrected chi connectivity index (χ2v) is 8.74. The Hall–Kier alpha value is -0.430. The second-order valence-electron chi connectivity index (χ2n) is 5.72. The van der Waals surface area contributed by atoms with Crippen LogP contribution in [0.1, 0.15) is 17.7 Å². The van der Waals surface area contributed by atoms with Crippen molar-refractivity contribution in [2.24, 2.45) is 5.92 Å². The van der Waals surface area contributed by atoms with Gasteiger partial charge in [-0.05, 0) is 43.7 Å². The number of nitrogens with zero attached hydrogens (tertiary/aromatic N) is 2. The lowest BCUT2D eigenvalue weighted by Crippen LogP contribution is -2.42. The molecule has 0 N–H and O–H groups in total. The molecular weight excluding hydrogens is 292 g/mol. The van der Waals surface area contributed by atoms with Gasteiger partial charge in [-0.1, -0.05) is 6.07 Å². The predicted octanol–water partition coefficient (Wildman–Crippen LogP) is 1.89. The van der Waals surface area contributed by atoms with Gasteiger partial charge in [0.05, 0.1) is 6.26 Å². The smallest absolute Gasteiger partial charge is 0.211 e. The van der Waals surface area contributed by atoms with Gasteiger partial charge < -0.3 is 4.90 Å². The SMILES string of the molecule is CN(CCc1cccs1)C[C@@H]1CCCN(S(C)(=O)=O)C1. The van der Waals surface area contributed by atoms with Crippen LogP contribution in [0.5, 0.6) is 0 Å². The maximum absolute atomic E-state index is 11.6. The Balaban J connectivity index is 1.77. The number of sulfonamides is 1. The number of hydrogen-bond acceptors (Lipinski definition) is 4. The van der Waals surface area contributed by atoms with Crippen LogP contribution in [0.3, 0.4) is 0 Å². The van der Waals surface area contributed by atoms with Crippen LogP contribution in [-0.2, 0) is 16.4 Å². The Bertz CT molecular complexity index is 499. The Kier molecular flexibility index (Phi) is 5.60. The molecule has 1 aliphatic heterocycles. The van der Waals surface area contributed by atoms with Crippen molar-refractivity contribution in [1.82, 2.24) is 9.21 Å². The van der Waals surface area contributed by atoms with Gasteiger partial charge in [-0.15, -0.1) is 11.3 Å². The van der Waals surface area contributed by atoms with Crippen LogP contribution in [0.2, 0.25) is 0 Å². The minimum Gasteiger partial charge on any atom is -0.306 e. The molecule has 114 valence electrons. The van der Waals surface area contributed by atoms with Crippen molar-refractivity contribution in [2.75, 3.05) is 39.5 Å². The molecule has 0 amide bonds. The number of piperidine rings is 1. The van der Waals surface area contributed by atoms with Crippen LogP contribution < -0.4 is 0 Å². The molecule has 0 bridgehead atoms. The molecule has 1 aliphatic rings. The third-order valence-electron chi connectivity index (χ3n) is 3.84. The summed E-state index contributed by atoms with van der Waals surface area (Å²) in [5.41, 5.74) is 0. The summed E-state index contributed by atoms with van der Waals surface area (Å²) in [7, 11) is -0.894. The van der Waals surface area contributed by atoms with Crippen LogP contribution in [0.15, 0.2) is 17.5 Å². The van der Waals surface area contributed by atoms with Crippen molar-refractivity contribution in [3.63, 3.8) is 0 Å². The van der Waals surface area contributed by atoms with E-state index in [-0.39, 0.29) is 0 Å². The fourth-order valence-electron chi connectivity index (χ4n) is 2.77. The highest BCUT2D eigenvalue weighted by Gasteiger charge is 2.26. The largest absolute Gasteiger partial charge is 0.306 e. The van der Waals surface area contributed by atoms with E-state index in [1.165, 1.54) is 11.1 Å². The van der Waals surface area contributed by atoms with E-state index in [2.05, 4.69) is 29.5 Å². The van der Waals surface area contributed by atoms with Gasteiger partial charge in [0.2, 0.25) is 10.0 Å². The first-order chi connectivity index (χ1) is 9.45. The van der Waals surface area contributed by atoms with Crippen LogP contribution in [0.4, 0.5) is 0 Å². The molecule has 1 aromatic heterocycles. The van der Waals surface area contributed by atoms with E-state index in [9.17, 15) is 8.42 Å². The lowest BCUT2D eigenvalue weighted by atomic mass is 9.99. The van der Waals surface area contributed by atoms with Crippen LogP contribution >= 0.6 is 11.3 Å². The Morgan fingerprint density at radius 1 is 1.50 bits per heavy atom. The quantitative estimate of drug-likeness (QED) is 0.805. The first kappa shape index (κ1) is 15.9. The Labute approximate surface area is 126 Å². The number of hydrogen-bond donors (Lipinski definition) is 0. The molecule has 0 aliphatic carbocycles. The molecule has 20 heavy (non-hydrogen) atoms. The van der Waals surface area contributed by atoms with Gasteiger partial charge in [-0.3, -0.25) is 0 Å². The summed E-state index contributed by atoms with van der Waals surface area (Å²) in [6, 6.07) is 4.26. The van der Waals surface area contributed by atoms with Crippen molar-refractivity contribution in [1.29, 1.82) is 0 Å². The van der Waals surface area contributed by atoms with E-state index in [4.69, 9.17) is 0 Å². The van der Waals surface area contributed by atoms with E-state index in [1.807, 2.05) is 0 Å². The van der Waals surface area contributed by atoms with Gasteiger partial charge in [-0.25, -0.2) is 12.7 Å². The minimum absolute atomic E-state index is 0.465. The van der Waals surface area contributed by atoms with Crippen molar-refractivity contribution < 1.29 is 8.42 Å². The zero-order chi connectivity index (χ0) is 14.6. The van der Waals surface area contributed by atoms with Crippen LogP contribution in [0.25, 0.3) is 0 Å². The van der Waals surface area contributed by atoms with Crippen molar-refractivity contribution in [3.05, 3.63) is 22.4 Å². The summed E-state index contributed by atoms with van der Waals surface area (Å²) >= 11 is 1.80. The molecule has 4 nitrogen and oxygen atoms in total. The molecule has 6 heteroatoms. The standard InChI is InChI=1S/C14H24N2O2S2/c1-15(9-7-14-6-4-10-19-14)11-13-5-3-8-16(12-13)20(2,17)18/h4,6,10,13H,3,5,7-9,11-12H2,1-2H3/t13-/m0/s1. The van der Waals surface area contributed by atoms with E-state index in [0.29, 0.717) is 19.0 Å². The zero-order valence-corrected chi connectivity index (χ0v) is 13.9. The maximum atomic E-state index is 11.6. The predicted molar refractivity (Wildman–Crippen MR) is 84.7 cm³/mol. The minimum atomic E-state index is -3.03. The van der Waals surface area contributed by atoms with Gasteiger partial charge in [-0.2, -0.15) is 0 Å². The zero-order valence-electron chi connectivity index (χ0n) is 12.3. The van der Waals surface area contributed by atoms with Crippen molar-refractivity contribution in [2.45, 2.75) is 19.3 Å². The third kappa shape index (κ3) is 4.84. The third-order valence-corrected chi connectivity index (χ3v) is 6.05. The van der Waals surface area contributed by atoms with E-state index < -0.39 is 10.0 Å². The number of rotatable bonds is 6. The number of thiophene rings is 1. The summed E-state index contributed by atoms with van der Waals surface area (Å²) < 4.78 is 24.9. The molecule has 2 heterocycles. The van der Waals surface area contributed by atoms with E-state index in [0.717, 1.165) is 32.4 Å². The summed E-state index contributed by atoms with van der Waals surface area (Å²) in [6.07, 6.45) is 4.51. The van der Waals surface area contributed by atoms with Crippen molar-refractivity contribution >= 4 is 21.4 Å². The molecule has 0 saturated carbocycles. The highest BCUT2D eigenvalue weighted by molar-refractivity contribution is 7.88. The molecule has 0 radical (unpaired) electrons. The van der Waals surface area contributed by atoms with E-state index >= 15 is 0 Å². The normalized spacial score (nSPS) is 21.4. The fraction of sp³-hybridized carbons (Fsp3) is 0.714. The van der Waals surface area contributed by atoms with E-state index in [1.54, 1.807) is 15.6 Å². The Morgan fingerprint density at radius 2 is 2.30 bits per heavy atom. The lowest BCUT2D eigenvalue weighted by molar-refractivity contribution is 0.202. The van der Waals surface area contributed by atoms with Crippen molar-refractivity contribution in [3.8, 4) is 0 Å². The van der Waals surface area contributed by atoms with Crippen LogP contribution in [0, 0.1) is 5.92 Å². The summed E-state index contributed by atoms with van der Waals surface area (Å²) in [5.74, 6) is 0.465. The van der Waals surface area contributed by atoms with Gasteiger partial charge in [0, 0.05) is 31.1 Å². The van der Waals surface area contributed by atoms with Crippen LogP contribution in [-0.4, -0.2) is 57.1 Å². The summed E-state index contributed by atoms with van der Waals surface area (Å²) in [4.78, 5) is 3.74. The average Bonchev–Trinajstić information content (AvgIpc) is 2.89. The molecule has 2 rings (SSSR count). The second kappa shape index (κ2) is 7.02. The molecule has 0 unspecified atom stereocenters. The first-order valence-corrected chi connectivity index (χ1v) is 9.84. The summed E-state index contributed by atoms with van der Waals surface area (Å²) in [5, 5.41) is 2.11. The molecule has 1 atom stereocenters. The Morgan fingerprint density at radius 3 is 2.95 bits per heavy atom. The van der Waals surface area contributed by atoms with Gasteiger partial charge in [0.25, 0.3) is 0 Å². The summed E-state index contributed by atoms with van der Waals surface area (Å²) in [6.45, 7) is 3.39. The monoisotopic (exact) mass is 316 g/mol. The topological polar surface area (TPSA) is 40.6 Å². The molecule has 1 fully saturated rings. The molecule has 1 saturated heterocycles.